The van der Waals surface area contributed by atoms with Crippen LogP contribution >= 0.6 is 0 Å². The molecule has 0 atom stereocenters. The molecule has 0 spiro atoms. The van der Waals surface area contributed by atoms with E-state index in [4.69, 9.17) is 0 Å². The van der Waals surface area contributed by atoms with E-state index in [1.807, 2.05) is 13.0 Å². The van der Waals surface area contributed by atoms with Crippen LogP contribution in [-0.2, 0) is 6.42 Å². The fourth-order valence-electron chi connectivity index (χ4n) is 1.44. The molecule has 62 valence electrons. The highest BCUT2D eigenvalue weighted by atomic mass is 16.3. The second-order valence-electron chi connectivity index (χ2n) is 2.75. The van der Waals surface area contributed by atoms with Gasteiger partial charge in [-0.05, 0) is 18.6 Å². The number of H-pyrrole nitrogens is 1. The number of nitrogens with one attached hydrogen (secondary N) is 1. The van der Waals surface area contributed by atoms with Crippen molar-refractivity contribution in [3.63, 3.8) is 0 Å². The standard InChI is InChI=1S/C9H10N2O/c1-2-6-7-5-10-11-8(7)3-4-9(6)12/h3-5,12H,2H2,1H3,(H,10,11). The number of aromatic nitrogens is 2. The summed E-state index contributed by atoms with van der Waals surface area (Å²) in [4.78, 5) is 0. The first-order chi connectivity index (χ1) is 5.83. The van der Waals surface area contributed by atoms with Crippen molar-refractivity contribution in [1.82, 2.24) is 10.2 Å². The first-order valence-electron chi connectivity index (χ1n) is 3.97. The lowest BCUT2D eigenvalue weighted by atomic mass is 10.1. The van der Waals surface area contributed by atoms with Gasteiger partial charge in [0.1, 0.15) is 5.75 Å². The predicted molar refractivity (Wildman–Crippen MR) is 47.1 cm³/mol. The summed E-state index contributed by atoms with van der Waals surface area (Å²) in [6, 6.07) is 3.52. The monoisotopic (exact) mass is 162 g/mol. The van der Waals surface area contributed by atoms with Crippen LogP contribution in [0.4, 0.5) is 0 Å². The Bertz CT molecular complexity index is 406. The van der Waals surface area contributed by atoms with Gasteiger partial charge in [0.05, 0.1) is 11.7 Å². The van der Waals surface area contributed by atoms with Crippen molar-refractivity contribution in [3.05, 3.63) is 23.9 Å². The lowest BCUT2D eigenvalue weighted by Gasteiger charge is -2.01. The minimum absolute atomic E-state index is 0.353. The number of phenolic OH excluding ortho intramolecular Hbond substituents is 1. The molecule has 3 nitrogen and oxygen atoms in total. The highest BCUT2D eigenvalue weighted by molar-refractivity contribution is 5.83. The Morgan fingerprint density at radius 3 is 3.08 bits per heavy atom. The number of fused-ring (bicyclic) bond motifs is 1. The van der Waals surface area contributed by atoms with Crippen molar-refractivity contribution in [2.24, 2.45) is 0 Å². The number of benzene rings is 1. The minimum atomic E-state index is 0.353. The third-order valence-electron chi connectivity index (χ3n) is 2.06. The van der Waals surface area contributed by atoms with Crippen LogP contribution in [0, 0.1) is 0 Å². The molecule has 0 aliphatic carbocycles. The second-order valence-corrected chi connectivity index (χ2v) is 2.75. The largest absolute Gasteiger partial charge is 0.508 e. The molecule has 1 aromatic heterocycles. The zero-order valence-electron chi connectivity index (χ0n) is 6.83. The number of phenols is 1. The number of aromatic hydroxyl groups is 1. The van der Waals surface area contributed by atoms with Gasteiger partial charge in [-0.3, -0.25) is 5.10 Å². The molecule has 2 N–H and O–H groups in total. The Kier molecular flexibility index (Phi) is 1.50. The summed E-state index contributed by atoms with van der Waals surface area (Å²) >= 11 is 0. The van der Waals surface area contributed by atoms with Crippen LogP contribution in [0.5, 0.6) is 5.75 Å². The third kappa shape index (κ3) is 0.863. The summed E-state index contributed by atoms with van der Waals surface area (Å²) in [5.41, 5.74) is 1.94. The van der Waals surface area contributed by atoms with Crippen molar-refractivity contribution in [1.29, 1.82) is 0 Å². The van der Waals surface area contributed by atoms with E-state index in [0.717, 1.165) is 22.9 Å². The molecule has 0 fully saturated rings. The van der Waals surface area contributed by atoms with E-state index >= 15 is 0 Å². The van der Waals surface area contributed by atoms with E-state index in [9.17, 15) is 5.11 Å². The lowest BCUT2D eigenvalue weighted by Crippen LogP contribution is -1.82. The molecule has 0 aliphatic heterocycles. The molecule has 0 saturated carbocycles. The Morgan fingerprint density at radius 1 is 1.50 bits per heavy atom. The summed E-state index contributed by atoms with van der Waals surface area (Å²) in [5.74, 6) is 0.353. The number of hydrogen-bond donors (Lipinski definition) is 2. The number of aromatic amines is 1. The molecule has 0 radical (unpaired) electrons. The van der Waals surface area contributed by atoms with Crippen molar-refractivity contribution in [3.8, 4) is 5.75 Å². The summed E-state index contributed by atoms with van der Waals surface area (Å²) in [6.45, 7) is 2.02. The number of rotatable bonds is 1. The van der Waals surface area contributed by atoms with E-state index in [1.165, 1.54) is 0 Å². The topological polar surface area (TPSA) is 48.9 Å². The fraction of sp³-hybridized carbons (Fsp3) is 0.222. The molecule has 0 aliphatic rings. The Morgan fingerprint density at radius 2 is 2.33 bits per heavy atom. The molecule has 0 saturated heterocycles. The van der Waals surface area contributed by atoms with Crippen LogP contribution in [0.1, 0.15) is 12.5 Å². The summed E-state index contributed by atoms with van der Waals surface area (Å²) in [7, 11) is 0. The number of hydrogen-bond acceptors (Lipinski definition) is 2. The zero-order chi connectivity index (χ0) is 8.55. The molecular formula is C9H10N2O. The lowest BCUT2D eigenvalue weighted by molar-refractivity contribution is 0.470. The second kappa shape index (κ2) is 2.52. The maximum atomic E-state index is 9.49. The van der Waals surface area contributed by atoms with Gasteiger partial charge in [0, 0.05) is 10.9 Å². The van der Waals surface area contributed by atoms with Crippen molar-refractivity contribution in [2.45, 2.75) is 13.3 Å². The van der Waals surface area contributed by atoms with Gasteiger partial charge in [-0.2, -0.15) is 5.10 Å². The van der Waals surface area contributed by atoms with Crippen LogP contribution in [0.15, 0.2) is 18.3 Å². The Labute approximate surface area is 70.0 Å². The van der Waals surface area contributed by atoms with E-state index in [-0.39, 0.29) is 0 Å². The minimum Gasteiger partial charge on any atom is -0.508 e. The summed E-state index contributed by atoms with van der Waals surface area (Å²) in [5, 5.41) is 17.3. The number of aryl methyl sites for hydroxylation is 1. The highest BCUT2D eigenvalue weighted by Gasteiger charge is 2.05. The quantitative estimate of drug-likeness (QED) is 0.672. The van der Waals surface area contributed by atoms with Crippen LogP contribution < -0.4 is 0 Å². The van der Waals surface area contributed by atoms with Crippen LogP contribution in [0.25, 0.3) is 10.9 Å². The van der Waals surface area contributed by atoms with Gasteiger partial charge in [-0.25, -0.2) is 0 Å². The molecule has 0 bridgehead atoms. The summed E-state index contributed by atoms with van der Waals surface area (Å²) in [6.07, 6.45) is 2.57. The fourth-order valence-corrected chi connectivity index (χ4v) is 1.44. The molecule has 0 unspecified atom stereocenters. The van der Waals surface area contributed by atoms with Crippen LogP contribution in [0.3, 0.4) is 0 Å². The van der Waals surface area contributed by atoms with E-state index in [0.29, 0.717) is 5.75 Å². The molecule has 12 heavy (non-hydrogen) atoms. The molecule has 0 amide bonds. The maximum Gasteiger partial charge on any atom is 0.119 e. The Hall–Kier alpha value is -1.51. The van der Waals surface area contributed by atoms with Crippen molar-refractivity contribution < 1.29 is 5.11 Å². The van der Waals surface area contributed by atoms with Gasteiger partial charge in [-0.1, -0.05) is 6.92 Å². The third-order valence-corrected chi connectivity index (χ3v) is 2.06. The molecule has 3 heteroatoms. The molecule has 1 heterocycles. The molecular weight excluding hydrogens is 152 g/mol. The normalized spacial score (nSPS) is 10.8. The summed E-state index contributed by atoms with van der Waals surface area (Å²) < 4.78 is 0. The highest BCUT2D eigenvalue weighted by Crippen LogP contribution is 2.25. The van der Waals surface area contributed by atoms with E-state index in [1.54, 1.807) is 12.3 Å². The smallest absolute Gasteiger partial charge is 0.119 e. The SMILES string of the molecule is CCc1c(O)ccc2[nH]ncc12. The first kappa shape index (κ1) is 7.16. The average molecular weight is 162 g/mol. The van der Waals surface area contributed by atoms with Gasteiger partial charge < -0.3 is 5.11 Å². The van der Waals surface area contributed by atoms with Gasteiger partial charge >= 0.3 is 0 Å². The van der Waals surface area contributed by atoms with E-state index in [2.05, 4.69) is 10.2 Å². The van der Waals surface area contributed by atoms with Crippen LogP contribution in [-0.4, -0.2) is 15.3 Å². The van der Waals surface area contributed by atoms with Gasteiger partial charge in [0.25, 0.3) is 0 Å². The number of nitrogens with zero attached hydrogens (tertiary/aromatic N) is 1. The molecule has 1 aromatic carbocycles. The van der Waals surface area contributed by atoms with Gasteiger partial charge in [-0.15, -0.1) is 0 Å². The Balaban J connectivity index is 2.83. The zero-order valence-corrected chi connectivity index (χ0v) is 6.83. The molecule has 2 aromatic rings. The van der Waals surface area contributed by atoms with Gasteiger partial charge in [0.15, 0.2) is 0 Å². The predicted octanol–water partition coefficient (Wildman–Crippen LogP) is 1.83. The van der Waals surface area contributed by atoms with Crippen molar-refractivity contribution in [2.75, 3.05) is 0 Å². The van der Waals surface area contributed by atoms with Gasteiger partial charge in [0.2, 0.25) is 0 Å². The molecule has 2 rings (SSSR count). The van der Waals surface area contributed by atoms with Crippen LogP contribution in [0.2, 0.25) is 0 Å². The van der Waals surface area contributed by atoms with E-state index < -0.39 is 0 Å². The average Bonchev–Trinajstić information content (AvgIpc) is 2.52. The first-order valence-corrected chi connectivity index (χ1v) is 3.97. The maximum absolute atomic E-state index is 9.49. The van der Waals surface area contributed by atoms with Crippen molar-refractivity contribution >= 4 is 10.9 Å².